The maximum Gasteiger partial charge on any atom is 0.164 e. The molecular weight excluding hydrogens is 555 g/mol. The first-order valence-electron chi connectivity index (χ1n) is 16.7. The number of unbranched alkanes of at least 4 members (excludes halogenated alkanes) is 1. The molecule has 0 unspecified atom stereocenters. The van der Waals surface area contributed by atoms with Crippen molar-refractivity contribution in [3.05, 3.63) is 125 Å². The molecule has 1 heterocycles. The third kappa shape index (κ3) is 11.8. The Balaban J connectivity index is 0.000000394. The van der Waals surface area contributed by atoms with Gasteiger partial charge in [0.1, 0.15) is 0 Å². The van der Waals surface area contributed by atoms with Crippen molar-refractivity contribution < 1.29 is 9.50 Å². The Morgan fingerprint density at radius 1 is 0.911 bits per heavy atom. The van der Waals surface area contributed by atoms with Crippen molar-refractivity contribution in [2.45, 2.75) is 99.8 Å². The van der Waals surface area contributed by atoms with E-state index in [0.29, 0.717) is 0 Å². The van der Waals surface area contributed by atoms with Crippen LogP contribution >= 0.6 is 0 Å². The molecule has 1 N–H and O–H groups in total. The van der Waals surface area contributed by atoms with E-state index in [1.54, 1.807) is 12.3 Å². The van der Waals surface area contributed by atoms with Gasteiger partial charge in [0.05, 0.1) is 5.70 Å². The lowest BCUT2D eigenvalue weighted by atomic mass is 9.96. The number of phenols is 1. The van der Waals surface area contributed by atoms with Gasteiger partial charge in [-0.1, -0.05) is 109 Å². The minimum atomic E-state index is -0.551. The zero-order valence-corrected chi connectivity index (χ0v) is 28.7. The molecule has 5 rings (SSSR count). The van der Waals surface area contributed by atoms with Gasteiger partial charge in [0.15, 0.2) is 11.6 Å². The molecule has 1 aliphatic carbocycles. The summed E-state index contributed by atoms with van der Waals surface area (Å²) >= 11 is 0. The molecule has 1 saturated carbocycles. The summed E-state index contributed by atoms with van der Waals surface area (Å²) in [5, 5.41) is 8.95. The Hall–Kier alpha value is -4.05. The number of rotatable bonds is 9. The molecule has 0 radical (unpaired) electrons. The predicted octanol–water partition coefficient (Wildman–Crippen LogP) is 12.1. The SMILES string of the molecule is CC.CC.CCC/C=C(/N=C(C)c1ccc(-c2ccc(C3CC3)cc2)cc1C)c1cccnc1.CCCc1ccc(F)c(O)c1. The van der Waals surface area contributed by atoms with E-state index in [0.717, 1.165) is 54.1 Å². The molecule has 1 aliphatic rings. The van der Waals surface area contributed by atoms with Crippen LogP contribution in [-0.2, 0) is 6.42 Å². The van der Waals surface area contributed by atoms with Crippen molar-refractivity contribution >= 4 is 11.4 Å². The predicted molar refractivity (Wildman–Crippen MR) is 193 cm³/mol. The van der Waals surface area contributed by atoms with Crippen molar-refractivity contribution in [3.63, 3.8) is 0 Å². The minimum Gasteiger partial charge on any atom is -0.505 e. The van der Waals surface area contributed by atoms with Gasteiger partial charge in [0.2, 0.25) is 0 Å². The van der Waals surface area contributed by atoms with E-state index in [1.807, 2.05) is 46.9 Å². The van der Waals surface area contributed by atoms with E-state index >= 15 is 0 Å². The molecule has 0 saturated heterocycles. The number of aliphatic imine (C=N–C) groups is 1. The second-order valence-electron chi connectivity index (χ2n) is 10.8. The van der Waals surface area contributed by atoms with Gasteiger partial charge >= 0.3 is 0 Å². The van der Waals surface area contributed by atoms with Crippen molar-refractivity contribution in [2.75, 3.05) is 0 Å². The molecule has 1 fully saturated rings. The second-order valence-corrected chi connectivity index (χ2v) is 10.8. The Labute approximate surface area is 272 Å². The molecule has 0 atom stereocenters. The van der Waals surface area contributed by atoms with Gasteiger partial charge < -0.3 is 5.11 Å². The topological polar surface area (TPSA) is 45.5 Å². The van der Waals surface area contributed by atoms with Gasteiger partial charge in [0, 0.05) is 23.7 Å². The number of hydrogen-bond acceptors (Lipinski definition) is 3. The summed E-state index contributed by atoms with van der Waals surface area (Å²) in [5.74, 6) is -0.00222. The molecule has 4 aromatic rings. The summed E-state index contributed by atoms with van der Waals surface area (Å²) in [6, 6.07) is 24.3. The molecule has 3 aromatic carbocycles. The first-order valence-corrected chi connectivity index (χ1v) is 16.7. The first-order chi connectivity index (χ1) is 21.9. The van der Waals surface area contributed by atoms with Crippen molar-refractivity contribution in [1.82, 2.24) is 4.98 Å². The number of nitrogens with zero attached hydrogens (tertiary/aromatic N) is 2. The number of aryl methyl sites for hydroxylation is 2. The molecule has 45 heavy (non-hydrogen) atoms. The summed E-state index contributed by atoms with van der Waals surface area (Å²) in [6.45, 7) is 16.5. The van der Waals surface area contributed by atoms with E-state index in [4.69, 9.17) is 10.1 Å². The van der Waals surface area contributed by atoms with Gasteiger partial charge in [-0.25, -0.2) is 4.39 Å². The van der Waals surface area contributed by atoms with Gasteiger partial charge in [-0.2, -0.15) is 0 Å². The number of phenolic OH excluding ortho intramolecular Hbond substituents is 1. The van der Waals surface area contributed by atoms with Gasteiger partial charge in [0.25, 0.3) is 0 Å². The van der Waals surface area contributed by atoms with Gasteiger partial charge in [-0.05, 0) is 103 Å². The molecule has 0 bridgehead atoms. The molecule has 3 nitrogen and oxygen atoms in total. The number of halogens is 1. The second kappa shape index (κ2) is 20.1. The monoisotopic (exact) mass is 608 g/mol. The molecule has 1 aromatic heterocycles. The van der Waals surface area contributed by atoms with Crippen LogP contribution in [-0.4, -0.2) is 15.8 Å². The zero-order valence-electron chi connectivity index (χ0n) is 28.7. The number of pyridine rings is 1. The maximum atomic E-state index is 12.5. The van der Waals surface area contributed by atoms with Crippen LogP contribution in [0, 0.1) is 12.7 Å². The van der Waals surface area contributed by atoms with Crippen molar-refractivity contribution in [1.29, 1.82) is 0 Å². The van der Waals surface area contributed by atoms with Crippen LogP contribution < -0.4 is 0 Å². The molecule has 0 amide bonds. The zero-order chi connectivity index (χ0) is 33.2. The highest BCUT2D eigenvalue weighted by Crippen LogP contribution is 2.40. The number of aromatic nitrogens is 1. The normalized spacial score (nSPS) is 12.6. The third-order valence-electron chi connectivity index (χ3n) is 7.33. The molecule has 0 spiro atoms. The Morgan fingerprint density at radius 3 is 2.16 bits per heavy atom. The smallest absolute Gasteiger partial charge is 0.164 e. The minimum absolute atomic E-state index is 0.254. The van der Waals surface area contributed by atoms with E-state index in [2.05, 4.69) is 80.4 Å². The number of allylic oxidation sites excluding steroid dienone is 1. The van der Waals surface area contributed by atoms with Crippen LogP contribution in [0.5, 0.6) is 5.75 Å². The van der Waals surface area contributed by atoms with Gasteiger partial charge in [-0.15, -0.1) is 0 Å². The fourth-order valence-corrected chi connectivity index (χ4v) is 4.88. The average Bonchev–Trinajstić information content (AvgIpc) is 3.93. The maximum absolute atomic E-state index is 12.5. The Bertz CT molecular complexity index is 1490. The highest BCUT2D eigenvalue weighted by Gasteiger charge is 2.23. The highest BCUT2D eigenvalue weighted by atomic mass is 19.1. The Kier molecular flexibility index (Phi) is 16.6. The lowest BCUT2D eigenvalue weighted by molar-refractivity contribution is 0.431. The number of hydrogen-bond donors (Lipinski definition) is 1. The van der Waals surface area contributed by atoms with E-state index < -0.39 is 5.82 Å². The fourth-order valence-electron chi connectivity index (χ4n) is 4.88. The van der Waals surface area contributed by atoms with Crippen LogP contribution in [0.2, 0.25) is 0 Å². The number of aromatic hydroxyl groups is 1. The standard InChI is InChI=1S/C28H30N2.C9H11FO.2C2H6/c1-4-5-8-28(26-7-6-17-29-19-26)30-21(3)27-16-15-25(18-20(27)2)24-13-11-23(12-14-24)22-9-10-22;1-2-3-7-4-5-8(10)9(11)6-7;2*1-2/h6-8,11-19,22H,4-5,9-10H2,1-3H3;4-6,11H,2-3H2,1H3;2*1-2H3/b28-8+,30-21?;;;. The largest absolute Gasteiger partial charge is 0.505 e. The van der Waals surface area contributed by atoms with E-state index in [9.17, 15) is 4.39 Å². The lowest BCUT2D eigenvalue weighted by Gasteiger charge is -2.11. The van der Waals surface area contributed by atoms with Crippen molar-refractivity contribution in [2.24, 2.45) is 4.99 Å². The van der Waals surface area contributed by atoms with E-state index in [-0.39, 0.29) is 5.75 Å². The molecular formula is C41H53FN2O. The summed E-state index contributed by atoms with van der Waals surface area (Å²) < 4.78 is 12.5. The van der Waals surface area contributed by atoms with Gasteiger partial charge in [-0.3, -0.25) is 9.98 Å². The molecule has 0 aliphatic heterocycles. The summed E-state index contributed by atoms with van der Waals surface area (Å²) in [7, 11) is 0. The third-order valence-corrected chi connectivity index (χ3v) is 7.33. The van der Waals surface area contributed by atoms with E-state index in [1.165, 1.54) is 52.8 Å². The summed E-state index contributed by atoms with van der Waals surface area (Å²) in [4.78, 5) is 9.26. The summed E-state index contributed by atoms with van der Waals surface area (Å²) in [6.07, 6.45) is 12.6. The summed E-state index contributed by atoms with van der Waals surface area (Å²) in [5.41, 5.74) is 10.6. The molecule has 4 heteroatoms. The number of benzene rings is 3. The lowest BCUT2D eigenvalue weighted by Crippen LogP contribution is -1.99. The van der Waals surface area contributed by atoms with Crippen LogP contribution in [0.25, 0.3) is 16.8 Å². The fraction of sp³-hybridized carbons (Fsp3) is 0.366. The molecule has 240 valence electrons. The average molecular weight is 609 g/mol. The van der Waals surface area contributed by atoms with Crippen LogP contribution in [0.1, 0.15) is 114 Å². The first kappa shape index (κ1) is 37.1. The van der Waals surface area contributed by atoms with Crippen LogP contribution in [0.3, 0.4) is 0 Å². The van der Waals surface area contributed by atoms with Crippen LogP contribution in [0.4, 0.5) is 4.39 Å². The quantitative estimate of drug-likeness (QED) is 0.192. The van der Waals surface area contributed by atoms with Crippen molar-refractivity contribution in [3.8, 4) is 16.9 Å². The van der Waals surface area contributed by atoms with Crippen LogP contribution in [0.15, 0.2) is 96.3 Å². The Morgan fingerprint density at radius 2 is 1.60 bits per heavy atom. The highest BCUT2D eigenvalue weighted by molar-refractivity contribution is 6.03.